The second-order valence-corrected chi connectivity index (χ2v) is 7.01. The van der Waals surface area contributed by atoms with Crippen LogP contribution in [-0.4, -0.2) is 20.1 Å². The van der Waals surface area contributed by atoms with Crippen LogP contribution < -0.4 is 10.9 Å². The van der Waals surface area contributed by atoms with Crippen molar-refractivity contribution in [2.75, 3.05) is 5.75 Å². The number of hydrogen-bond donors (Lipinski definition) is 2. The second kappa shape index (κ2) is 5.54. The number of furan rings is 1. The van der Waals surface area contributed by atoms with Gasteiger partial charge in [-0.15, -0.1) is 0 Å². The van der Waals surface area contributed by atoms with Gasteiger partial charge in [0.15, 0.2) is 9.84 Å². The summed E-state index contributed by atoms with van der Waals surface area (Å²) in [4.78, 5) is 12.0. The van der Waals surface area contributed by atoms with Gasteiger partial charge >= 0.3 is 0 Å². The maximum Gasteiger partial charge on any atom is 0.273 e. The van der Waals surface area contributed by atoms with Gasteiger partial charge in [-0.2, -0.15) is 0 Å². The third-order valence-corrected chi connectivity index (χ3v) is 5.12. The Bertz CT molecular complexity index is 915. The minimum Gasteiger partial charge on any atom is -0.469 e. The maximum atomic E-state index is 13.4. The second-order valence-electron chi connectivity index (χ2n) is 5.01. The number of nitrogens with one attached hydrogen (secondary N) is 2. The van der Waals surface area contributed by atoms with E-state index < -0.39 is 21.6 Å². The van der Waals surface area contributed by atoms with Crippen molar-refractivity contribution in [3.63, 3.8) is 0 Å². The Morgan fingerprint density at radius 3 is 2.78 bits per heavy atom. The lowest BCUT2D eigenvalue weighted by Crippen LogP contribution is -2.37. The summed E-state index contributed by atoms with van der Waals surface area (Å²) in [5.74, 6) is -0.778. The van der Waals surface area contributed by atoms with Gasteiger partial charge in [-0.1, -0.05) is 0 Å². The average Bonchev–Trinajstić information content (AvgIpc) is 2.92. The first-order valence-corrected chi connectivity index (χ1v) is 8.37. The lowest BCUT2D eigenvalue weighted by atomic mass is 10.1. The van der Waals surface area contributed by atoms with E-state index in [1.807, 2.05) is 0 Å². The molecule has 1 amide bonds. The highest BCUT2D eigenvalue weighted by Crippen LogP contribution is 2.28. The zero-order valence-electron chi connectivity index (χ0n) is 12.1. The van der Waals surface area contributed by atoms with Gasteiger partial charge in [0.05, 0.1) is 28.2 Å². The number of carbonyl (C=O) groups is 1. The third-order valence-electron chi connectivity index (χ3n) is 3.49. The summed E-state index contributed by atoms with van der Waals surface area (Å²) in [7, 11) is -3.49. The Hall–Kier alpha value is -2.61. The van der Waals surface area contributed by atoms with Crippen LogP contribution in [0.1, 0.15) is 21.7 Å². The molecule has 2 N–H and O–H groups in total. The number of hydrazine groups is 1. The zero-order valence-corrected chi connectivity index (χ0v) is 12.9. The summed E-state index contributed by atoms with van der Waals surface area (Å²) >= 11 is 0. The molecule has 0 radical (unpaired) electrons. The molecule has 0 aliphatic carbocycles. The molecule has 0 fully saturated rings. The van der Waals surface area contributed by atoms with Crippen LogP contribution >= 0.6 is 0 Å². The monoisotopic (exact) mass is 336 g/mol. The molecule has 23 heavy (non-hydrogen) atoms. The minimum atomic E-state index is -3.49. The molecule has 2 aromatic rings. The van der Waals surface area contributed by atoms with E-state index >= 15 is 0 Å². The molecule has 1 aromatic heterocycles. The maximum absolute atomic E-state index is 13.4. The Morgan fingerprint density at radius 2 is 2.09 bits per heavy atom. The van der Waals surface area contributed by atoms with E-state index in [-0.39, 0.29) is 16.2 Å². The van der Waals surface area contributed by atoms with Gasteiger partial charge in [-0.25, -0.2) is 12.8 Å². The first-order valence-electron chi connectivity index (χ1n) is 6.72. The Morgan fingerprint density at radius 1 is 1.30 bits per heavy atom. The topological polar surface area (TPSA) is 88.4 Å². The molecule has 1 aliphatic rings. The van der Waals surface area contributed by atoms with Gasteiger partial charge in [-0.3, -0.25) is 15.6 Å². The predicted octanol–water partition coefficient (Wildman–Crippen LogP) is 1.79. The van der Waals surface area contributed by atoms with Crippen LogP contribution in [0.4, 0.5) is 4.39 Å². The highest BCUT2D eigenvalue weighted by molar-refractivity contribution is 7.91. The molecule has 1 aromatic carbocycles. The fourth-order valence-electron chi connectivity index (χ4n) is 2.31. The van der Waals surface area contributed by atoms with Crippen molar-refractivity contribution in [2.24, 2.45) is 0 Å². The normalized spacial score (nSPS) is 15.5. The van der Waals surface area contributed by atoms with Crippen molar-refractivity contribution in [1.82, 2.24) is 10.9 Å². The van der Waals surface area contributed by atoms with Crippen LogP contribution in [0.5, 0.6) is 0 Å². The molecule has 0 saturated heterocycles. The van der Waals surface area contributed by atoms with Crippen molar-refractivity contribution in [1.29, 1.82) is 0 Å². The van der Waals surface area contributed by atoms with Crippen molar-refractivity contribution >= 4 is 21.4 Å². The van der Waals surface area contributed by atoms with Gasteiger partial charge in [0.25, 0.3) is 5.91 Å². The highest BCUT2D eigenvalue weighted by atomic mass is 32.2. The fourth-order valence-corrected chi connectivity index (χ4v) is 3.65. The van der Waals surface area contributed by atoms with Crippen molar-refractivity contribution in [3.05, 3.63) is 59.3 Å². The Labute approximate surface area is 131 Å². The first-order chi connectivity index (χ1) is 10.9. The van der Waals surface area contributed by atoms with Gasteiger partial charge in [-0.05, 0) is 37.3 Å². The molecule has 0 bridgehead atoms. The number of fused-ring (bicyclic) bond motifs is 1. The summed E-state index contributed by atoms with van der Waals surface area (Å²) in [6, 6.07) is 4.93. The number of amides is 1. The standard InChI is InChI=1S/C15H13FN2O4S/c1-9-11(4-6-22-9)15(19)18-17-13-5-7-23(20,21)14-3-2-10(16)8-12(13)14/h2-6,8,17H,7H2,1H3,(H,18,19). The summed E-state index contributed by atoms with van der Waals surface area (Å²) < 4.78 is 42.5. The minimum absolute atomic E-state index is 0.0256. The molecule has 0 saturated carbocycles. The van der Waals surface area contributed by atoms with Crippen molar-refractivity contribution < 1.29 is 22.0 Å². The van der Waals surface area contributed by atoms with E-state index in [2.05, 4.69) is 10.9 Å². The van der Waals surface area contributed by atoms with Gasteiger partial charge in [0.1, 0.15) is 11.6 Å². The van der Waals surface area contributed by atoms with Gasteiger partial charge in [0, 0.05) is 5.56 Å². The SMILES string of the molecule is Cc1occc1C(=O)NNC1=CCS(=O)(=O)c2ccc(F)cc21. The van der Waals surface area contributed by atoms with E-state index in [0.29, 0.717) is 17.0 Å². The lowest BCUT2D eigenvalue weighted by molar-refractivity contribution is 0.0941. The van der Waals surface area contributed by atoms with Crippen LogP contribution in [0.25, 0.3) is 5.70 Å². The lowest BCUT2D eigenvalue weighted by Gasteiger charge is -2.19. The third kappa shape index (κ3) is 2.85. The summed E-state index contributed by atoms with van der Waals surface area (Å²) in [6.45, 7) is 1.64. The number of halogens is 1. The Kier molecular flexibility index (Phi) is 3.69. The highest BCUT2D eigenvalue weighted by Gasteiger charge is 2.25. The van der Waals surface area contributed by atoms with E-state index in [1.54, 1.807) is 6.92 Å². The summed E-state index contributed by atoms with van der Waals surface area (Å²) in [5, 5.41) is 0. The van der Waals surface area contributed by atoms with Crippen LogP contribution in [0.2, 0.25) is 0 Å². The van der Waals surface area contributed by atoms with E-state index in [0.717, 1.165) is 12.1 Å². The molecule has 3 rings (SSSR count). The quantitative estimate of drug-likeness (QED) is 0.659. The van der Waals surface area contributed by atoms with E-state index in [9.17, 15) is 17.6 Å². The van der Waals surface area contributed by atoms with E-state index in [1.165, 1.54) is 24.5 Å². The van der Waals surface area contributed by atoms with Crippen LogP contribution in [0, 0.1) is 12.7 Å². The molecule has 0 spiro atoms. The number of sulfone groups is 1. The average molecular weight is 336 g/mol. The zero-order chi connectivity index (χ0) is 16.6. The van der Waals surface area contributed by atoms with Crippen LogP contribution in [0.15, 0.2) is 45.9 Å². The molecular weight excluding hydrogens is 323 g/mol. The molecule has 6 nitrogen and oxygen atoms in total. The van der Waals surface area contributed by atoms with Gasteiger partial charge in [0.2, 0.25) is 0 Å². The van der Waals surface area contributed by atoms with Crippen LogP contribution in [0.3, 0.4) is 0 Å². The summed E-state index contributed by atoms with van der Waals surface area (Å²) in [6.07, 6.45) is 2.78. The molecule has 2 heterocycles. The number of aryl methyl sites for hydroxylation is 1. The van der Waals surface area contributed by atoms with Gasteiger partial charge < -0.3 is 4.42 Å². The smallest absolute Gasteiger partial charge is 0.273 e. The number of rotatable bonds is 3. The van der Waals surface area contributed by atoms with Crippen LogP contribution in [-0.2, 0) is 9.84 Å². The molecule has 8 heteroatoms. The Balaban J connectivity index is 1.85. The molecule has 0 atom stereocenters. The number of hydrogen-bond acceptors (Lipinski definition) is 5. The van der Waals surface area contributed by atoms with Crippen molar-refractivity contribution in [2.45, 2.75) is 11.8 Å². The van der Waals surface area contributed by atoms with E-state index in [4.69, 9.17) is 4.42 Å². The molecular formula is C15H13FN2O4S. The fraction of sp³-hybridized carbons (Fsp3) is 0.133. The molecule has 120 valence electrons. The summed E-state index contributed by atoms with van der Waals surface area (Å²) in [5.41, 5.74) is 5.95. The number of carbonyl (C=O) groups excluding carboxylic acids is 1. The largest absolute Gasteiger partial charge is 0.469 e. The van der Waals surface area contributed by atoms with Crippen molar-refractivity contribution in [3.8, 4) is 0 Å². The predicted molar refractivity (Wildman–Crippen MR) is 80.5 cm³/mol. The number of benzene rings is 1. The molecule has 1 aliphatic heterocycles. The molecule has 0 unspecified atom stereocenters. The first kappa shape index (κ1) is 15.3.